The number of thioether (sulfide) groups is 1. The van der Waals surface area contributed by atoms with Crippen molar-refractivity contribution >= 4 is 50.6 Å². The van der Waals surface area contributed by atoms with Crippen LogP contribution in [0.2, 0.25) is 0 Å². The predicted octanol–water partition coefficient (Wildman–Crippen LogP) is 2.20. The Morgan fingerprint density at radius 3 is 2.71 bits per heavy atom. The molecule has 0 unspecified atom stereocenters. The van der Waals surface area contributed by atoms with Gasteiger partial charge in [0, 0.05) is 4.47 Å². The van der Waals surface area contributed by atoms with Crippen LogP contribution in [0, 0.1) is 0 Å². The van der Waals surface area contributed by atoms with Crippen LogP contribution in [0.15, 0.2) is 27.8 Å². The summed E-state index contributed by atoms with van der Waals surface area (Å²) in [4.78, 5) is 27.0. The highest BCUT2D eigenvalue weighted by Crippen LogP contribution is 2.32. The number of carboxylic acids is 1. The van der Waals surface area contributed by atoms with Crippen molar-refractivity contribution in [2.75, 3.05) is 5.75 Å². The molecular formula is C13H14BrN3O3S. The largest absolute Gasteiger partial charge is 0.481 e. The highest BCUT2D eigenvalue weighted by Gasteiger charge is 2.32. The smallest absolute Gasteiger partial charge is 0.313 e. The molecule has 0 atom stereocenters. The number of aromatic nitrogens is 2. The lowest BCUT2D eigenvalue weighted by molar-refractivity contribution is -0.133. The van der Waals surface area contributed by atoms with Crippen LogP contribution < -0.4 is 5.73 Å². The molecule has 2 aromatic rings. The van der Waals surface area contributed by atoms with E-state index in [9.17, 15) is 9.59 Å². The summed E-state index contributed by atoms with van der Waals surface area (Å²) < 4.78 is 2.52. The van der Waals surface area contributed by atoms with Crippen molar-refractivity contribution < 1.29 is 14.7 Å². The Morgan fingerprint density at radius 1 is 1.48 bits per heavy atom. The van der Waals surface area contributed by atoms with Crippen molar-refractivity contribution in [2.45, 2.75) is 24.5 Å². The molecule has 1 amide bonds. The predicted molar refractivity (Wildman–Crippen MR) is 84.3 cm³/mol. The molecule has 0 aliphatic rings. The molecule has 0 spiro atoms. The second-order valence-electron chi connectivity index (χ2n) is 4.97. The molecule has 1 heterocycles. The molecule has 1 aromatic carbocycles. The third kappa shape index (κ3) is 3.06. The molecule has 0 saturated carbocycles. The second-order valence-corrected chi connectivity index (χ2v) is 6.83. The van der Waals surface area contributed by atoms with Gasteiger partial charge in [0.2, 0.25) is 5.91 Å². The van der Waals surface area contributed by atoms with Gasteiger partial charge in [-0.25, -0.2) is 4.98 Å². The molecule has 0 radical (unpaired) electrons. The molecular weight excluding hydrogens is 358 g/mol. The zero-order chi connectivity index (χ0) is 15.8. The Morgan fingerprint density at radius 2 is 2.14 bits per heavy atom. The van der Waals surface area contributed by atoms with E-state index in [1.807, 2.05) is 12.1 Å². The van der Waals surface area contributed by atoms with E-state index in [4.69, 9.17) is 10.8 Å². The first-order valence-corrected chi connectivity index (χ1v) is 7.84. The number of nitrogens with two attached hydrogens (primary N) is 1. The number of primary amides is 1. The van der Waals surface area contributed by atoms with Crippen molar-refractivity contribution in [3.05, 3.63) is 22.7 Å². The molecule has 8 heteroatoms. The highest BCUT2D eigenvalue weighted by molar-refractivity contribution is 9.10. The molecule has 0 fully saturated rings. The van der Waals surface area contributed by atoms with Crippen LogP contribution in [0.4, 0.5) is 0 Å². The van der Waals surface area contributed by atoms with Gasteiger partial charge in [-0.1, -0.05) is 27.7 Å². The maximum atomic E-state index is 11.8. The number of fused-ring (bicyclic) bond motifs is 1. The maximum absolute atomic E-state index is 11.8. The van der Waals surface area contributed by atoms with Crippen LogP contribution in [0.25, 0.3) is 11.0 Å². The molecule has 112 valence electrons. The first-order chi connectivity index (χ1) is 9.73. The number of imidazole rings is 1. The van der Waals surface area contributed by atoms with Gasteiger partial charge in [-0.2, -0.15) is 0 Å². The third-order valence-corrected chi connectivity index (χ3v) is 4.49. The molecule has 21 heavy (non-hydrogen) atoms. The van der Waals surface area contributed by atoms with Gasteiger partial charge >= 0.3 is 5.97 Å². The zero-order valence-electron chi connectivity index (χ0n) is 11.5. The van der Waals surface area contributed by atoms with Gasteiger partial charge < -0.3 is 15.4 Å². The van der Waals surface area contributed by atoms with Crippen molar-refractivity contribution in [2.24, 2.45) is 5.73 Å². The van der Waals surface area contributed by atoms with E-state index in [-0.39, 0.29) is 5.75 Å². The lowest BCUT2D eigenvalue weighted by atomic mass is 10.0. The number of benzene rings is 1. The summed E-state index contributed by atoms with van der Waals surface area (Å²) >= 11 is 4.44. The first-order valence-electron chi connectivity index (χ1n) is 6.06. The number of carbonyl (C=O) groups is 2. The summed E-state index contributed by atoms with van der Waals surface area (Å²) in [6.45, 7) is 3.37. The lowest BCUT2D eigenvalue weighted by Gasteiger charge is -2.25. The standard InChI is InChI=1S/C13H14BrN3O3S/c1-13(2,11(15)20)17-9-5-7(14)3-4-8(9)16-12(17)21-6-10(18)19/h3-5H,6H2,1-2H3,(H2,15,20)(H,18,19). The van der Waals surface area contributed by atoms with Gasteiger partial charge in [-0.15, -0.1) is 0 Å². The average Bonchev–Trinajstić information content (AvgIpc) is 2.74. The minimum Gasteiger partial charge on any atom is -0.481 e. The summed E-state index contributed by atoms with van der Waals surface area (Å²) in [6, 6.07) is 5.47. The Labute approximate surface area is 133 Å². The fourth-order valence-corrected chi connectivity index (χ4v) is 3.12. The van der Waals surface area contributed by atoms with Gasteiger partial charge in [-0.3, -0.25) is 9.59 Å². The Hall–Kier alpha value is -1.54. The van der Waals surface area contributed by atoms with Gasteiger partial charge in [0.15, 0.2) is 5.16 Å². The SMILES string of the molecule is CC(C)(C(N)=O)n1c(SCC(=O)O)nc2ccc(Br)cc21. The Balaban J connectivity index is 2.67. The summed E-state index contributed by atoms with van der Waals surface area (Å²) in [7, 11) is 0. The van der Waals surface area contributed by atoms with Crippen molar-refractivity contribution in [1.82, 2.24) is 9.55 Å². The van der Waals surface area contributed by atoms with Crippen LogP contribution in [0.3, 0.4) is 0 Å². The topological polar surface area (TPSA) is 98.2 Å². The van der Waals surface area contributed by atoms with E-state index in [2.05, 4.69) is 20.9 Å². The minimum atomic E-state index is -1.02. The number of hydrogen-bond acceptors (Lipinski definition) is 4. The number of carboxylic acid groups (broad SMARTS) is 1. The monoisotopic (exact) mass is 371 g/mol. The van der Waals surface area contributed by atoms with Gasteiger partial charge in [0.25, 0.3) is 0 Å². The number of carbonyl (C=O) groups excluding carboxylic acids is 1. The third-order valence-electron chi connectivity index (χ3n) is 3.07. The fraction of sp³-hybridized carbons (Fsp3) is 0.308. The van der Waals surface area contributed by atoms with Gasteiger partial charge in [-0.05, 0) is 32.0 Å². The number of nitrogens with zero attached hydrogens (tertiary/aromatic N) is 2. The van der Waals surface area contributed by atoms with Crippen LogP contribution in [0.1, 0.15) is 13.8 Å². The van der Waals surface area contributed by atoms with Crippen molar-refractivity contribution in [3.8, 4) is 0 Å². The van der Waals surface area contributed by atoms with E-state index in [1.165, 1.54) is 0 Å². The van der Waals surface area contributed by atoms with E-state index in [1.54, 1.807) is 24.5 Å². The highest BCUT2D eigenvalue weighted by atomic mass is 79.9. The molecule has 3 N–H and O–H groups in total. The molecule has 0 aliphatic heterocycles. The summed E-state index contributed by atoms with van der Waals surface area (Å²) in [5.74, 6) is -1.60. The Bertz CT molecular complexity index is 727. The summed E-state index contributed by atoms with van der Waals surface area (Å²) in [6.07, 6.45) is 0. The zero-order valence-corrected chi connectivity index (χ0v) is 13.9. The molecule has 0 saturated heterocycles. The molecule has 1 aromatic heterocycles. The maximum Gasteiger partial charge on any atom is 0.313 e. The summed E-state index contributed by atoms with van der Waals surface area (Å²) in [5.41, 5.74) is 5.88. The minimum absolute atomic E-state index is 0.140. The van der Waals surface area contributed by atoms with Gasteiger partial charge in [0.05, 0.1) is 16.8 Å². The molecule has 0 aliphatic carbocycles. The quantitative estimate of drug-likeness (QED) is 0.784. The Kier molecular flexibility index (Phi) is 4.29. The molecule has 2 rings (SSSR count). The molecule has 6 nitrogen and oxygen atoms in total. The van der Waals surface area contributed by atoms with Crippen LogP contribution in [0.5, 0.6) is 0 Å². The lowest BCUT2D eigenvalue weighted by Crippen LogP contribution is -2.41. The van der Waals surface area contributed by atoms with Crippen molar-refractivity contribution in [1.29, 1.82) is 0 Å². The van der Waals surface area contributed by atoms with Crippen LogP contribution in [-0.2, 0) is 15.1 Å². The number of hydrogen-bond donors (Lipinski definition) is 2. The number of rotatable bonds is 5. The van der Waals surface area contributed by atoms with E-state index in [0.29, 0.717) is 10.7 Å². The van der Waals surface area contributed by atoms with Crippen molar-refractivity contribution in [3.63, 3.8) is 0 Å². The normalized spacial score (nSPS) is 11.8. The van der Waals surface area contributed by atoms with E-state index in [0.717, 1.165) is 21.8 Å². The summed E-state index contributed by atoms with van der Waals surface area (Å²) in [5, 5.41) is 9.29. The van der Waals surface area contributed by atoms with Crippen LogP contribution >= 0.6 is 27.7 Å². The number of halogens is 1. The van der Waals surface area contributed by atoms with E-state index >= 15 is 0 Å². The number of aliphatic carboxylic acids is 1. The van der Waals surface area contributed by atoms with Gasteiger partial charge in [0.1, 0.15) is 5.54 Å². The fourth-order valence-electron chi connectivity index (χ4n) is 1.90. The average molecular weight is 372 g/mol. The van der Waals surface area contributed by atoms with Crippen LogP contribution in [-0.4, -0.2) is 32.3 Å². The van der Waals surface area contributed by atoms with E-state index < -0.39 is 17.4 Å². The first kappa shape index (κ1) is 15.8. The second kappa shape index (κ2) is 5.69. The molecule has 0 bridgehead atoms. The number of amides is 1.